The van der Waals surface area contributed by atoms with Gasteiger partial charge in [-0.15, -0.1) is 0 Å². The molecule has 0 N–H and O–H groups in total. The van der Waals surface area contributed by atoms with E-state index in [1.54, 1.807) is 0 Å². The van der Waals surface area contributed by atoms with Gasteiger partial charge in [0.15, 0.2) is 5.82 Å². The summed E-state index contributed by atoms with van der Waals surface area (Å²) in [6.07, 6.45) is 0. The summed E-state index contributed by atoms with van der Waals surface area (Å²) in [5.74, 6) is 0.762. The Morgan fingerprint density at radius 2 is 0.683 bits per heavy atom. The number of benzene rings is 8. The van der Waals surface area contributed by atoms with Crippen LogP contribution < -0.4 is 10.4 Å². The van der Waals surface area contributed by atoms with E-state index in [4.69, 9.17) is 15.0 Å². The fraction of sp³-hybridized carbons (Fsp3) is 0.0339. The summed E-state index contributed by atoms with van der Waals surface area (Å²) in [4.78, 5) is 15.9. The van der Waals surface area contributed by atoms with Crippen molar-refractivity contribution in [3.05, 3.63) is 224 Å². The minimum Gasteiger partial charge on any atom is -0.248 e. The van der Waals surface area contributed by atoms with Gasteiger partial charge in [-0.25, -0.2) is 15.0 Å². The van der Waals surface area contributed by atoms with E-state index >= 15 is 0 Å². The van der Waals surface area contributed by atoms with E-state index in [2.05, 4.69) is 225 Å². The molecule has 10 aromatic rings. The van der Waals surface area contributed by atoms with Gasteiger partial charge in [-0.3, -0.25) is 0 Å². The summed E-state index contributed by atoms with van der Waals surface area (Å²) in [7, 11) is -2.10. The zero-order valence-electron chi connectivity index (χ0n) is 35.2. The highest BCUT2D eigenvalue weighted by atomic mass is 28.3. The van der Waals surface area contributed by atoms with Crippen LogP contribution in [0.25, 0.3) is 101 Å². The smallest absolute Gasteiger partial charge is 0.160 e. The molecule has 3 heterocycles. The number of hydrogen-bond acceptors (Lipinski definition) is 3. The summed E-state index contributed by atoms with van der Waals surface area (Å²) in [5, 5.41) is 2.73. The lowest BCUT2D eigenvalue weighted by Crippen LogP contribution is -2.50. The van der Waals surface area contributed by atoms with E-state index in [1.807, 2.05) is 12.1 Å². The van der Waals surface area contributed by atoms with Gasteiger partial charge >= 0.3 is 0 Å². The normalized spacial score (nSPS) is 12.4. The van der Waals surface area contributed by atoms with Gasteiger partial charge in [0.05, 0.1) is 22.8 Å². The van der Waals surface area contributed by atoms with Gasteiger partial charge in [-0.1, -0.05) is 201 Å². The largest absolute Gasteiger partial charge is 0.248 e. The van der Waals surface area contributed by atoms with Crippen molar-refractivity contribution in [2.45, 2.75) is 13.1 Å². The number of pyridine rings is 1. The third kappa shape index (κ3) is 7.20. The van der Waals surface area contributed by atoms with Gasteiger partial charge in [0.2, 0.25) is 0 Å². The zero-order chi connectivity index (χ0) is 42.3. The summed E-state index contributed by atoms with van der Waals surface area (Å²) >= 11 is 0. The first-order chi connectivity index (χ1) is 31.0. The molecular weight excluding hydrogens is 779 g/mol. The number of aromatic nitrogens is 3. The summed E-state index contributed by atoms with van der Waals surface area (Å²) < 4.78 is 0. The molecule has 0 aliphatic carbocycles. The van der Waals surface area contributed by atoms with Gasteiger partial charge in [-0.05, 0) is 96.8 Å². The monoisotopic (exact) mass is 821 g/mol. The summed E-state index contributed by atoms with van der Waals surface area (Å²) in [6.45, 7) is 4.87. The van der Waals surface area contributed by atoms with Crippen LogP contribution in [-0.4, -0.2) is 23.0 Å². The number of hydrogen-bond donors (Lipinski definition) is 0. The minimum atomic E-state index is -2.10. The molecule has 0 unspecified atom stereocenters. The molecule has 0 radical (unpaired) electrons. The predicted molar refractivity (Wildman–Crippen MR) is 266 cm³/mol. The standard InChI is InChI=1S/C59H43N3Si/c1-63(2)55-33-13-12-32-52(55)57-58(63)56(61-59(62-57)42-22-10-5-11-23-42)50-31-17-29-48(37-50)46-27-15-25-44(35-46)43-24-14-26-45(34-43)47-28-16-30-49(36-47)54-39-51(40-18-6-3-7-19-40)38-53(60-54)41-20-8-4-9-21-41/h3-39H,1-2H3. The van der Waals surface area contributed by atoms with E-state index in [9.17, 15) is 0 Å². The van der Waals surface area contributed by atoms with Gasteiger partial charge in [0.25, 0.3) is 0 Å². The highest BCUT2D eigenvalue weighted by molar-refractivity contribution is 7.04. The topological polar surface area (TPSA) is 38.7 Å². The third-order valence-corrected chi connectivity index (χ3v) is 15.9. The molecule has 3 nitrogen and oxygen atoms in total. The van der Waals surface area contributed by atoms with Gasteiger partial charge in [0, 0.05) is 22.3 Å². The van der Waals surface area contributed by atoms with Crippen LogP contribution in [-0.2, 0) is 0 Å². The lowest BCUT2D eigenvalue weighted by Gasteiger charge is -2.22. The first-order valence-corrected chi connectivity index (χ1v) is 24.6. The van der Waals surface area contributed by atoms with Crippen LogP contribution in [0.4, 0.5) is 0 Å². The first-order valence-electron chi connectivity index (χ1n) is 21.6. The number of fused-ring (bicyclic) bond motifs is 3. The molecule has 0 bridgehead atoms. The van der Waals surface area contributed by atoms with Crippen molar-refractivity contribution in [2.24, 2.45) is 0 Å². The Balaban J connectivity index is 0.945. The molecule has 2 aromatic heterocycles. The van der Waals surface area contributed by atoms with Crippen molar-refractivity contribution in [2.75, 3.05) is 0 Å². The van der Waals surface area contributed by atoms with Crippen LogP contribution in [0, 0.1) is 0 Å². The van der Waals surface area contributed by atoms with E-state index in [-0.39, 0.29) is 0 Å². The zero-order valence-corrected chi connectivity index (χ0v) is 36.2. The third-order valence-electron chi connectivity index (χ3n) is 12.4. The van der Waals surface area contributed by atoms with Crippen molar-refractivity contribution in [3.8, 4) is 101 Å². The molecule has 63 heavy (non-hydrogen) atoms. The maximum Gasteiger partial charge on any atom is 0.160 e. The lowest BCUT2D eigenvalue weighted by atomic mass is 9.94. The predicted octanol–water partition coefficient (Wildman–Crippen LogP) is 14.0. The summed E-state index contributed by atoms with van der Waals surface area (Å²) in [5.41, 5.74) is 18.8. The fourth-order valence-electron chi connectivity index (χ4n) is 9.24. The molecule has 0 saturated heterocycles. The van der Waals surface area contributed by atoms with Crippen molar-refractivity contribution in [3.63, 3.8) is 0 Å². The van der Waals surface area contributed by atoms with Gasteiger partial charge in [-0.2, -0.15) is 0 Å². The lowest BCUT2D eigenvalue weighted by molar-refractivity contribution is 1.20. The van der Waals surface area contributed by atoms with Crippen LogP contribution in [0.1, 0.15) is 0 Å². The highest BCUT2D eigenvalue weighted by Gasteiger charge is 2.41. The molecule has 11 rings (SSSR count). The molecule has 298 valence electrons. The number of rotatable bonds is 8. The van der Waals surface area contributed by atoms with Crippen molar-refractivity contribution in [1.82, 2.24) is 15.0 Å². The Morgan fingerprint density at radius 1 is 0.286 bits per heavy atom. The van der Waals surface area contributed by atoms with E-state index < -0.39 is 8.07 Å². The van der Waals surface area contributed by atoms with Crippen LogP contribution in [0.15, 0.2) is 224 Å². The Kier molecular flexibility index (Phi) is 9.64. The summed E-state index contributed by atoms with van der Waals surface area (Å²) in [6, 6.07) is 80.1. The second-order valence-electron chi connectivity index (χ2n) is 16.8. The SMILES string of the molecule is C[Si]1(C)c2ccccc2-c2nc(-c3ccccc3)nc(-c3cccc(-c4cccc(-c5cccc(-c6cccc(-c7cc(-c8ccccc8)cc(-c8ccccc8)n7)c6)c5)c4)c3)c21. The quantitative estimate of drug-likeness (QED) is 0.143. The van der Waals surface area contributed by atoms with E-state index in [0.29, 0.717) is 0 Å². The fourth-order valence-corrected chi connectivity index (χ4v) is 12.5. The van der Waals surface area contributed by atoms with E-state index in [1.165, 1.54) is 27.1 Å². The maximum absolute atomic E-state index is 5.38. The Labute approximate surface area is 370 Å². The molecule has 0 amide bonds. The number of nitrogens with zero attached hydrogens (tertiary/aromatic N) is 3. The molecule has 0 spiro atoms. The molecule has 0 atom stereocenters. The average Bonchev–Trinajstić information content (AvgIpc) is 3.60. The second-order valence-corrected chi connectivity index (χ2v) is 21.1. The van der Waals surface area contributed by atoms with Crippen molar-refractivity contribution >= 4 is 18.4 Å². The Bertz CT molecular complexity index is 3250. The minimum absolute atomic E-state index is 0.762. The molecule has 0 saturated carbocycles. The Hall–Kier alpha value is -7.79. The first kappa shape index (κ1) is 38.2. The van der Waals surface area contributed by atoms with Crippen molar-refractivity contribution < 1.29 is 0 Å². The molecule has 0 fully saturated rings. The van der Waals surface area contributed by atoms with Crippen LogP contribution in [0.5, 0.6) is 0 Å². The Morgan fingerprint density at radius 3 is 1.25 bits per heavy atom. The average molecular weight is 822 g/mol. The highest BCUT2D eigenvalue weighted by Crippen LogP contribution is 2.37. The second kappa shape index (κ2) is 15.9. The van der Waals surface area contributed by atoms with Crippen LogP contribution in [0.3, 0.4) is 0 Å². The molecule has 1 aliphatic rings. The maximum atomic E-state index is 5.38. The van der Waals surface area contributed by atoms with Crippen LogP contribution >= 0.6 is 0 Å². The molecule has 4 heteroatoms. The van der Waals surface area contributed by atoms with Gasteiger partial charge in [0.1, 0.15) is 8.07 Å². The van der Waals surface area contributed by atoms with Crippen molar-refractivity contribution in [1.29, 1.82) is 0 Å². The molecule has 8 aromatic carbocycles. The van der Waals surface area contributed by atoms with E-state index in [0.717, 1.165) is 84.2 Å². The molecular formula is C59H43N3Si. The van der Waals surface area contributed by atoms with Gasteiger partial charge < -0.3 is 0 Å². The molecule has 1 aliphatic heterocycles. The van der Waals surface area contributed by atoms with Crippen LogP contribution in [0.2, 0.25) is 13.1 Å².